The molecule has 4 aromatic rings. The van der Waals surface area contributed by atoms with Crippen molar-refractivity contribution in [1.82, 2.24) is 20.1 Å². The lowest BCUT2D eigenvalue weighted by atomic mass is 10.1. The van der Waals surface area contributed by atoms with Gasteiger partial charge in [-0.05, 0) is 61.0 Å². The minimum absolute atomic E-state index is 0.107. The molecule has 0 unspecified atom stereocenters. The van der Waals surface area contributed by atoms with Gasteiger partial charge in [-0.3, -0.25) is 15.2 Å². The average Bonchev–Trinajstić information content (AvgIpc) is 3.37. The molecule has 2 N–H and O–H groups in total. The molecule has 0 atom stereocenters. The van der Waals surface area contributed by atoms with Gasteiger partial charge in [-0.25, -0.2) is 4.68 Å². The van der Waals surface area contributed by atoms with E-state index < -0.39 is 0 Å². The molecule has 2 heterocycles. The predicted molar refractivity (Wildman–Crippen MR) is 172 cm³/mol. The Hall–Kier alpha value is -3.71. The van der Waals surface area contributed by atoms with Gasteiger partial charge < -0.3 is 5.32 Å². The Morgan fingerprint density at radius 3 is 2.39 bits per heavy atom. The molecule has 0 fully saturated rings. The van der Waals surface area contributed by atoms with E-state index in [0.717, 1.165) is 44.9 Å². The maximum Gasteiger partial charge on any atom is 0.252 e. The molecule has 0 spiro atoms. The maximum absolute atomic E-state index is 12.4. The largest absolute Gasteiger partial charge is 0.355 e. The average molecular weight is 568 g/mol. The Morgan fingerprint density at radius 1 is 0.927 bits per heavy atom. The number of fused-ring (bicyclic) bond motifs is 1. The fraction of sp³-hybridized carbons (Fsp3) is 0.353. The van der Waals surface area contributed by atoms with Crippen LogP contribution in [0.2, 0.25) is 0 Å². The van der Waals surface area contributed by atoms with Crippen molar-refractivity contribution in [3.8, 4) is 0 Å². The molecule has 0 saturated carbocycles. The van der Waals surface area contributed by atoms with E-state index in [1.165, 1.54) is 44.9 Å². The number of nitrogens with zero attached hydrogens (tertiary/aromatic N) is 3. The number of rotatable bonds is 15. The number of carbonyl (C=O) groups is 1. The van der Waals surface area contributed by atoms with Crippen LogP contribution in [0.1, 0.15) is 92.9 Å². The molecule has 0 radical (unpaired) electrons. The third-order valence-corrected chi connectivity index (χ3v) is 8.21. The van der Waals surface area contributed by atoms with Crippen LogP contribution >= 0.6 is 11.8 Å². The summed E-state index contributed by atoms with van der Waals surface area (Å²) in [5.41, 5.74) is 3.21. The molecule has 0 saturated heterocycles. The summed E-state index contributed by atoms with van der Waals surface area (Å²) in [7, 11) is 1.65. The van der Waals surface area contributed by atoms with Gasteiger partial charge in [-0.1, -0.05) is 88.3 Å². The van der Waals surface area contributed by atoms with Crippen LogP contribution in [0.3, 0.4) is 0 Å². The van der Waals surface area contributed by atoms with Crippen LogP contribution < -0.4 is 5.32 Å². The Bertz CT molecular complexity index is 1460. The van der Waals surface area contributed by atoms with Crippen LogP contribution in [-0.2, 0) is 0 Å². The van der Waals surface area contributed by atoms with E-state index in [1.807, 2.05) is 54.6 Å². The van der Waals surface area contributed by atoms with Gasteiger partial charge >= 0.3 is 0 Å². The molecule has 6 nitrogen and oxygen atoms in total. The molecule has 2 aromatic carbocycles. The number of aromatic nitrogens is 3. The first kappa shape index (κ1) is 30.3. The molecule has 0 aliphatic heterocycles. The van der Waals surface area contributed by atoms with Crippen LogP contribution in [0.25, 0.3) is 23.1 Å². The number of amides is 1. The van der Waals surface area contributed by atoms with E-state index in [4.69, 9.17) is 10.5 Å². The Morgan fingerprint density at radius 2 is 1.66 bits per heavy atom. The number of hydrogen-bond donors (Lipinski definition) is 2. The number of nitrogens with one attached hydrogen (secondary N) is 2. The molecule has 1 amide bonds. The Balaban J connectivity index is 1.53. The number of pyridine rings is 1. The highest BCUT2D eigenvalue weighted by Crippen LogP contribution is 2.33. The molecule has 41 heavy (non-hydrogen) atoms. The monoisotopic (exact) mass is 567 g/mol. The van der Waals surface area contributed by atoms with Crippen molar-refractivity contribution in [1.29, 1.82) is 5.41 Å². The second-order valence-electron chi connectivity index (χ2n) is 10.3. The lowest BCUT2D eigenvalue weighted by Gasteiger charge is -2.09. The number of carbonyl (C=O) groups excluding carboxylic acids is 1. The van der Waals surface area contributed by atoms with Crippen molar-refractivity contribution in [2.75, 3.05) is 7.05 Å². The minimum Gasteiger partial charge on any atom is -0.355 e. The lowest BCUT2D eigenvalue weighted by Crippen LogP contribution is -2.18. The third-order valence-electron chi connectivity index (χ3n) is 7.14. The molecule has 0 aliphatic carbocycles. The summed E-state index contributed by atoms with van der Waals surface area (Å²) in [6.07, 6.45) is 17.7. The maximum atomic E-state index is 12.4. The zero-order valence-electron chi connectivity index (χ0n) is 24.2. The van der Waals surface area contributed by atoms with Crippen LogP contribution in [0.15, 0.2) is 76.7 Å². The van der Waals surface area contributed by atoms with E-state index in [-0.39, 0.29) is 5.91 Å². The summed E-state index contributed by atoms with van der Waals surface area (Å²) in [6, 6.07) is 19.6. The van der Waals surface area contributed by atoms with Crippen molar-refractivity contribution in [3.05, 3.63) is 83.8 Å². The molecule has 2 aromatic heterocycles. The zero-order chi connectivity index (χ0) is 28.9. The predicted octanol–water partition coefficient (Wildman–Crippen LogP) is 8.86. The molecule has 4 rings (SSSR count). The number of unbranched alkanes of at least 4 members (excludes halogenated alkanes) is 8. The topological polar surface area (TPSA) is 83.7 Å². The van der Waals surface area contributed by atoms with Crippen LogP contribution in [0, 0.1) is 5.41 Å². The number of hydrogen-bond acceptors (Lipinski definition) is 5. The summed E-state index contributed by atoms with van der Waals surface area (Å²) in [5, 5.41) is 17.5. The molecule has 214 valence electrons. The van der Waals surface area contributed by atoms with Crippen molar-refractivity contribution in [2.24, 2.45) is 0 Å². The highest BCUT2D eigenvalue weighted by molar-refractivity contribution is 7.99. The van der Waals surface area contributed by atoms with Gasteiger partial charge in [0.1, 0.15) is 5.84 Å². The molecule has 0 aliphatic rings. The van der Waals surface area contributed by atoms with Gasteiger partial charge in [0.05, 0.1) is 22.5 Å². The fourth-order valence-electron chi connectivity index (χ4n) is 4.86. The first-order chi connectivity index (χ1) is 20.1. The molecular weight excluding hydrogens is 526 g/mol. The second kappa shape index (κ2) is 15.9. The normalized spacial score (nSPS) is 11.4. The van der Waals surface area contributed by atoms with Crippen LogP contribution in [0.4, 0.5) is 0 Å². The van der Waals surface area contributed by atoms with Gasteiger partial charge in [0.15, 0.2) is 0 Å². The summed E-state index contributed by atoms with van der Waals surface area (Å²) >= 11 is 1.55. The van der Waals surface area contributed by atoms with Gasteiger partial charge in [0.2, 0.25) is 0 Å². The van der Waals surface area contributed by atoms with E-state index in [9.17, 15) is 4.79 Å². The van der Waals surface area contributed by atoms with Gasteiger partial charge in [0, 0.05) is 34.8 Å². The van der Waals surface area contributed by atoms with Gasteiger partial charge in [-0.15, -0.1) is 0 Å². The van der Waals surface area contributed by atoms with Gasteiger partial charge in [0.25, 0.3) is 5.91 Å². The van der Waals surface area contributed by atoms with Crippen LogP contribution in [0.5, 0.6) is 0 Å². The lowest BCUT2D eigenvalue weighted by molar-refractivity contribution is 0.0960. The molecular formula is C34H41N5OS. The third kappa shape index (κ3) is 8.64. The first-order valence-electron chi connectivity index (χ1n) is 14.8. The quantitative estimate of drug-likeness (QED) is 0.0854. The second-order valence-corrected chi connectivity index (χ2v) is 11.4. The van der Waals surface area contributed by atoms with E-state index >= 15 is 0 Å². The Labute approximate surface area is 248 Å². The summed E-state index contributed by atoms with van der Waals surface area (Å²) in [6.45, 7) is 2.25. The standard InChI is InChI=1S/C34H41N5OS/c1-3-4-5-6-7-8-9-10-11-19-33(35)39-31-25-27(41-32-18-13-12-17-29(32)34(40)36-2)21-22-28(31)30(38-39)23-20-26-16-14-15-24-37-26/h12-18,20-25,35H,3-11,19H2,1-2H3,(H,36,40)/b23-20+,35-33?. The molecule has 0 bridgehead atoms. The van der Waals surface area contributed by atoms with Crippen LogP contribution in [-0.4, -0.2) is 33.6 Å². The van der Waals surface area contributed by atoms with E-state index in [2.05, 4.69) is 35.4 Å². The summed E-state index contributed by atoms with van der Waals surface area (Å²) in [5.74, 6) is 0.396. The van der Waals surface area contributed by atoms with Gasteiger partial charge in [-0.2, -0.15) is 5.10 Å². The fourth-order valence-corrected chi connectivity index (χ4v) is 5.84. The van der Waals surface area contributed by atoms with Crippen molar-refractivity contribution in [3.63, 3.8) is 0 Å². The van der Waals surface area contributed by atoms with E-state index in [0.29, 0.717) is 17.8 Å². The minimum atomic E-state index is -0.107. The zero-order valence-corrected chi connectivity index (χ0v) is 25.1. The van der Waals surface area contributed by atoms with Crippen molar-refractivity contribution >= 4 is 46.6 Å². The summed E-state index contributed by atoms with van der Waals surface area (Å²) < 4.78 is 1.78. The number of benzene rings is 2. The summed E-state index contributed by atoms with van der Waals surface area (Å²) in [4.78, 5) is 18.7. The highest BCUT2D eigenvalue weighted by Gasteiger charge is 2.15. The smallest absolute Gasteiger partial charge is 0.252 e. The highest BCUT2D eigenvalue weighted by atomic mass is 32.2. The van der Waals surface area contributed by atoms with Crippen molar-refractivity contribution in [2.45, 2.75) is 80.9 Å². The Kier molecular flexibility index (Phi) is 11.7. The SMILES string of the molecule is CCCCCCCCCCCC(=N)n1nc(/C=C/c2ccccn2)c2ccc(Sc3ccccc3C(=O)NC)cc21. The molecule has 7 heteroatoms. The van der Waals surface area contributed by atoms with Crippen molar-refractivity contribution < 1.29 is 4.79 Å². The first-order valence-corrected chi connectivity index (χ1v) is 15.6. The van der Waals surface area contributed by atoms with E-state index in [1.54, 1.807) is 29.7 Å².